The van der Waals surface area contributed by atoms with Crippen LogP contribution in [-0.2, 0) is 17.5 Å². The van der Waals surface area contributed by atoms with Gasteiger partial charge in [0, 0.05) is 24.5 Å². The Hall–Kier alpha value is -3.81. The molecule has 33 heavy (non-hydrogen) atoms. The van der Waals surface area contributed by atoms with Crippen LogP contribution in [0, 0.1) is 0 Å². The number of hydrogen-bond donors (Lipinski definition) is 2. The first kappa shape index (κ1) is 23.8. The molecule has 0 spiro atoms. The minimum atomic E-state index is -4.44. The Kier molecular flexibility index (Phi) is 8.07. The molecule has 1 amide bonds. The highest BCUT2D eigenvalue weighted by Gasteiger charge is 2.30. The average Bonchev–Trinajstić information content (AvgIpc) is 2.82. The Morgan fingerprint density at radius 1 is 1.00 bits per heavy atom. The molecule has 0 aliphatic rings. The number of carbonyl (C=O) groups is 1. The number of amides is 1. The molecule has 3 aromatic rings. The Balaban J connectivity index is 1.49. The fourth-order valence-electron chi connectivity index (χ4n) is 3.17. The quantitative estimate of drug-likeness (QED) is 0.341. The van der Waals surface area contributed by atoms with E-state index < -0.39 is 17.6 Å². The maximum absolute atomic E-state index is 12.8. The molecular formula is C25H25F3N4O. The summed E-state index contributed by atoms with van der Waals surface area (Å²) in [5, 5.41) is 6.58. The van der Waals surface area contributed by atoms with Crippen molar-refractivity contribution in [3.05, 3.63) is 95.6 Å². The van der Waals surface area contributed by atoms with Crippen LogP contribution in [0.2, 0.25) is 0 Å². The van der Waals surface area contributed by atoms with Gasteiger partial charge < -0.3 is 10.2 Å². The maximum atomic E-state index is 12.8. The second kappa shape index (κ2) is 11.2. The lowest BCUT2D eigenvalue weighted by molar-refractivity contribution is -0.137. The zero-order valence-corrected chi connectivity index (χ0v) is 18.1. The van der Waals surface area contributed by atoms with Gasteiger partial charge in [0.2, 0.25) is 0 Å². The zero-order chi connectivity index (χ0) is 23.7. The number of alkyl halides is 3. The van der Waals surface area contributed by atoms with Crippen LogP contribution in [0.5, 0.6) is 0 Å². The Morgan fingerprint density at radius 2 is 1.73 bits per heavy atom. The first-order chi connectivity index (χ1) is 15.8. The Labute approximate surface area is 190 Å². The normalized spacial score (nSPS) is 11.4. The monoisotopic (exact) mass is 454 g/mol. The fraction of sp³-hybridized carbons (Fsp3) is 0.200. The molecule has 0 fully saturated rings. The van der Waals surface area contributed by atoms with E-state index in [2.05, 4.69) is 39.8 Å². The van der Waals surface area contributed by atoms with E-state index in [0.717, 1.165) is 36.5 Å². The summed E-state index contributed by atoms with van der Waals surface area (Å²) in [7, 11) is 0. The highest BCUT2D eigenvalue weighted by Crippen LogP contribution is 2.30. The molecule has 5 nitrogen and oxygen atoms in total. The van der Waals surface area contributed by atoms with Crippen molar-refractivity contribution >= 4 is 23.5 Å². The predicted octanol–water partition coefficient (Wildman–Crippen LogP) is 5.29. The van der Waals surface area contributed by atoms with Crippen LogP contribution in [-0.4, -0.2) is 25.2 Å². The molecule has 2 N–H and O–H groups in total. The molecule has 0 aromatic heterocycles. The summed E-state index contributed by atoms with van der Waals surface area (Å²) in [5.41, 5.74) is 4.90. The lowest BCUT2D eigenvalue weighted by Crippen LogP contribution is -2.26. The van der Waals surface area contributed by atoms with Crippen molar-refractivity contribution in [2.75, 3.05) is 23.3 Å². The van der Waals surface area contributed by atoms with Gasteiger partial charge in [-0.05, 0) is 48.4 Å². The standard InChI is InChI=1S/C25H25F3N4O/c1-2-32(18-20-7-4-3-5-8-20)23-13-11-19(12-14-23)16-30-31-24(33)17-29-22-10-6-9-21(15-22)25(26,27)28/h3-16,29H,2,17-18H2,1H3,(H,31,33)/b30-16+. The smallest absolute Gasteiger partial charge is 0.376 e. The SMILES string of the molecule is CCN(Cc1ccccc1)c1ccc(/C=N/NC(=O)CNc2cccc(C(F)(F)F)c2)cc1. The predicted molar refractivity (Wildman–Crippen MR) is 125 cm³/mol. The van der Waals surface area contributed by atoms with Gasteiger partial charge in [-0.3, -0.25) is 4.79 Å². The number of carbonyl (C=O) groups excluding carboxylic acids is 1. The fourth-order valence-corrected chi connectivity index (χ4v) is 3.17. The van der Waals surface area contributed by atoms with E-state index >= 15 is 0 Å². The van der Waals surface area contributed by atoms with E-state index in [9.17, 15) is 18.0 Å². The molecule has 172 valence electrons. The average molecular weight is 454 g/mol. The van der Waals surface area contributed by atoms with E-state index in [1.807, 2.05) is 42.5 Å². The van der Waals surface area contributed by atoms with Gasteiger partial charge in [-0.15, -0.1) is 0 Å². The third kappa shape index (κ3) is 7.38. The molecule has 0 heterocycles. The summed E-state index contributed by atoms with van der Waals surface area (Å²) in [4.78, 5) is 14.2. The first-order valence-electron chi connectivity index (χ1n) is 10.5. The summed E-state index contributed by atoms with van der Waals surface area (Å²) < 4.78 is 38.3. The van der Waals surface area contributed by atoms with Gasteiger partial charge in [0.1, 0.15) is 0 Å². The summed E-state index contributed by atoms with van der Waals surface area (Å²) in [5.74, 6) is -0.472. The molecule has 0 atom stereocenters. The molecule has 0 saturated carbocycles. The number of rotatable bonds is 9. The second-order valence-corrected chi connectivity index (χ2v) is 7.32. The van der Waals surface area contributed by atoms with Crippen molar-refractivity contribution in [2.24, 2.45) is 5.10 Å². The van der Waals surface area contributed by atoms with Crippen LogP contribution < -0.4 is 15.6 Å². The van der Waals surface area contributed by atoms with Gasteiger partial charge >= 0.3 is 6.18 Å². The number of hydrazone groups is 1. The molecule has 8 heteroatoms. The third-order valence-electron chi connectivity index (χ3n) is 4.90. The zero-order valence-electron chi connectivity index (χ0n) is 18.1. The van der Waals surface area contributed by atoms with Crippen molar-refractivity contribution in [1.29, 1.82) is 0 Å². The number of halogens is 3. The van der Waals surface area contributed by atoms with Crippen molar-refractivity contribution in [1.82, 2.24) is 5.43 Å². The van der Waals surface area contributed by atoms with Crippen molar-refractivity contribution in [2.45, 2.75) is 19.6 Å². The van der Waals surface area contributed by atoms with Gasteiger partial charge in [0.25, 0.3) is 5.91 Å². The van der Waals surface area contributed by atoms with Crippen LogP contribution in [0.3, 0.4) is 0 Å². The van der Waals surface area contributed by atoms with E-state index in [-0.39, 0.29) is 12.2 Å². The minimum Gasteiger partial charge on any atom is -0.376 e. The van der Waals surface area contributed by atoms with Crippen LogP contribution >= 0.6 is 0 Å². The number of hydrogen-bond acceptors (Lipinski definition) is 4. The number of anilines is 2. The summed E-state index contributed by atoms with van der Waals surface area (Å²) in [6, 6.07) is 22.7. The number of benzene rings is 3. The molecule has 0 radical (unpaired) electrons. The topological polar surface area (TPSA) is 56.7 Å². The summed E-state index contributed by atoms with van der Waals surface area (Å²) >= 11 is 0. The largest absolute Gasteiger partial charge is 0.416 e. The van der Waals surface area contributed by atoms with Gasteiger partial charge in [-0.2, -0.15) is 18.3 Å². The highest BCUT2D eigenvalue weighted by molar-refractivity contribution is 5.84. The molecule has 0 saturated heterocycles. The van der Waals surface area contributed by atoms with Crippen LogP contribution in [0.15, 0.2) is 84.0 Å². The van der Waals surface area contributed by atoms with E-state index in [0.29, 0.717) is 0 Å². The van der Waals surface area contributed by atoms with Gasteiger partial charge in [0.05, 0.1) is 18.3 Å². The van der Waals surface area contributed by atoms with Crippen LogP contribution in [0.25, 0.3) is 0 Å². The Morgan fingerprint density at radius 3 is 2.39 bits per heavy atom. The minimum absolute atomic E-state index is 0.204. The second-order valence-electron chi connectivity index (χ2n) is 7.32. The molecule has 0 unspecified atom stereocenters. The van der Waals surface area contributed by atoms with Crippen molar-refractivity contribution in [3.63, 3.8) is 0 Å². The van der Waals surface area contributed by atoms with E-state index in [1.165, 1.54) is 23.9 Å². The number of nitrogens with zero attached hydrogens (tertiary/aromatic N) is 2. The molecule has 0 aliphatic carbocycles. The molecule has 3 aromatic carbocycles. The lowest BCUT2D eigenvalue weighted by Gasteiger charge is -2.23. The van der Waals surface area contributed by atoms with Crippen LogP contribution in [0.4, 0.5) is 24.5 Å². The molecule has 3 rings (SSSR count). The van der Waals surface area contributed by atoms with Gasteiger partial charge in [-0.25, -0.2) is 5.43 Å². The van der Waals surface area contributed by atoms with Crippen molar-refractivity contribution < 1.29 is 18.0 Å². The first-order valence-corrected chi connectivity index (χ1v) is 10.5. The number of nitrogens with one attached hydrogen (secondary N) is 2. The van der Waals surface area contributed by atoms with E-state index in [4.69, 9.17) is 0 Å². The molecule has 0 aliphatic heterocycles. The lowest BCUT2D eigenvalue weighted by atomic mass is 10.1. The maximum Gasteiger partial charge on any atom is 0.416 e. The van der Waals surface area contributed by atoms with Crippen LogP contribution in [0.1, 0.15) is 23.6 Å². The summed E-state index contributed by atoms with van der Waals surface area (Å²) in [6.07, 6.45) is -2.92. The van der Waals surface area contributed by atoms with Crippen molar-refractivity contribution in [3.8, 4) is 0 Å². The summed E-state index contributed by atoms with van der Waals surface area (Å²) in [6.45, 7) is 3.56. The highest BCUT2D eigenvalue weighted by atomic mass is 19.4. The van der Waals surface area contributed by atoms with Gasteiger partial charge in [0.15, 0.2) is 0 Å². The Bertz CT molecular complexity index is 1070. The molecular weight excluding hydrogens is 429 g/mol. The van der Waals surface area contributed by atoms with E-state index in [1.54, 1.807) is 0 Å². The third-order valence-corrected chi connectivity index (χ3v) is 4.90. The van der Waals surface area contributed by atoms with Gasteiger partial charge in [-0.1, -0.05) is 48.5 Å². The molecule has 0 bridgehead atoms.